The van der Waals surface area contributed by atoms with Crippen molar-refractivity contribution in [3.05, 3.63) is 23.8 Å². The zero-order chi connectivity index (χ0) is 10.9. The highest BCUT2D eigenvalue weighted by Crippen LogP contribution is 2.21. The fourth-order valence-electron chi connectivity index (χ4n) is 1.01. The quantitative estimate of drug-likeness (QED) is 0.442. The molecule has 2 atom stereocenters. The molecule has 14 heavy (non-hydrogen) atoms. The molecule has 76 valence electrons. The van der Waals surface area contributed by atoms with E-state index < -0.39 is 23.6 Å². The molecule has 4 N–H and O–H groups in total. The van der Waals surface area contributed by atoms with Crippen LogP contribution >= 0.6 is 0 Å². The first-order chi connectivity index (χ1) is 6.38. The molecule has 2 unspecified atom stereocenters. The number of hydrogen-bond acceptors (Lipinski definition) is 4. The summed E-state index contributed by atoms with van der Waals surface area (Å²) in [5, 5.41) is 35.6. The van der Waals surface area contributed by atoms with E-state index >= 15 is 0 Å². The lowest BCUT2D eigenvalue weighted by atomic mass is 9.89. The molecular formula is C8H8O6. The second kappa shape index (κ2) is 3.24. The molecule has 0 aliphatic heterocycles. The lowest BCUT2D eigenvalue weighted by molar-refractivity contribution is -0.161. The molecule has 0 saturated heterocycles. The lowest BCUT2D eigenvalue weighted by Gasteiger charge is -2.26. The minimum atomic E-state index is -2.45. The van der Waals surface area contributed by atoms with Gasteiger partial charge in [0.1, 0.15) is 6.10 Å². The van der Waals surface area contributed by atoms with Crippen molar-refractivity contribution in [1.29, 1.82) is 0 Å². The maximum absolute atomic E-state index is 10.5. The second-order valence-electron chi connectivity index (χ2n) is 2.84. The van der Waals surface area contributed by atoms with Crippen LogP contribution in [0.5, 0.6) is 0 Å². The first kappa shape index (κ1) is 10.4. The van der Waals surface area contributed by atoms with Crippen LogP contribution in [0.25, 0.3) is 0 Å². The molecule has 0 aromatic carbocycles. The van der Waals surface area contributed by atoms with Gasteiger partial charge in [-0.15, -0.1) is 0 Å². The molecule has 0 radical (unpaired) electrons. The van der Waals surface area contributed by atoms with E-state index in [9.17, 15) is 19.8 Å². The molecule has 1 rings (SSSR count). The molecule has 0 heterocycles. The van der Waals surface area contributed by atoms with E-state index in [0.29, 0.717) is 0 Å². The molecule has 0 spiro atoms. The van der Waals surface area contributed by atoms with Gasteiger partial charge in [0.15, 0.2) is 0 Å². The van der Waals surface area contributed by atoms with E-state index in [1.165, 1.54) is 0 Å². The zero-order valence-electron chi connectivity index (χ0n) is 6.91. The average molecular weight is 200 g/mol. The third-order valence-electron chi connectivity index (χ3n) is 1.89. The number of aliphatic hydroxyl groups is 2. The topological polar surface area (TPSA) is 115 Å². The molecular weight excluding hydrogens is 192 g/mol. The predicted octanol–water partition coefficient (Wildman–Crippen LogP) is -1.26. The predicted molar refractivity (Wildman–Crippen MR) is 43.5 cm³/mol. The van der Waals surface area contributed by atoms with Crippen LogP contribution in [-0.4, -0.2) is 44.1 Å². The van der Waals surface area contributed by atoms with Gasteiger partial charge in [-0.2, -0.15) is 0 Å². The Balaban J connectivity index is 3.02. The van der Waals surface area contributed by atoms with Crippen molar-refractivity contribution in [2.75, 3.05) is 0 Å². The Morgan fingerprint density at radius 1 is 1.36 bits per heavy atom. The van der Waals surface area contributed by atoms with Crippen molar-refractivity contribution in [2.45, 2.75) is 11.7 Å². The van der Waals surface area contributed by atoms with Crippen molar-refractivity contribution >= 4 is 11.9 Å². The van der Waals surface area contributed by atoms with Crippen LogP contribution in [0.2, 0.25) is 0 Å². The van der Waals surface area contributed by atoms with Crippen molar-refractivity contribution in [3.8, 4) is 0 Å². The van der Waals surface area contributed by atoms with Crippen molar-refractivity contribution in [2.24, 2.45) is 0 Å². The average Bonchev–Trinajstić information content (AvgIpc) is 2.09. The molecule has 0 amide bonds. The summed E-state index contributed by atoms with van der Waals surface area (Å²) in [5.41, 5.74) is -2.71. The standard InChI is InChI=1S/C8H8O6/c9-5-3-4(6(10)11)1-2-8(5,14)7(12)13/h1-3,5,9,14H,(H,10,11)(H,12,13). The first-order valence-corrected chi connectivity index (χ1v) is 3.66. The fourth-order valence-corrected chi connectivity index (χ4v) is 1.01. The fraction of sp³-hybridized carbons (Fsp3) is 0.250. The van der Waals surface area contributed by atoms with E-state index in [1.807, 2.05) is 0 Å². The van der Waals surface area contributed by atoms with Crippen LogP contribution < -0.4 is 0 Å². The Morgan fingerprint density at radius 3 is 2.29 bits per heavy atom. The minimum absolute atomic E-state index is 0.261. The van der Waals surface area contributed by atoms with E-state index in [-0.39, 0.29) is 5.57 Å². The molecule has 0 saturated carbocycles. The number of hydrogen-bond donors (Lipinski definition) is 4. The minimum Gasteiger partial charge on any atom is -0.479 e. The Morgan fingerprint density at radius 2 is 1.93 bits per heavy atom. The van der Waals surface area contributed by atoms with Gasteiger partial charge >= 0.3 is 11.9 Å². The van der Waals surface area contributed by atoms with Crippen LogP contribution in [0, 0.1) is 0 Å². The van der Waals surface area contributed by atoms with Gasteiger partial charge in [-0.25, -0.2) is 9.59 Å². The summed E-state index contributed by atoms with van der Waals surface area (Å²) in [4.78, 5) is 20.9. The van der Waals surface area contributed by atoms with E-state index in [2.05, 4.69) is 0 Å². The van der Waals surface area contributed by atoms with Gasteiger partial charge in [-0.1, -0.05) is 0 Å². The van der Waals surface area contributed by atoms with Gasteiger partial charge in [0.05, 0.1) is 5.57 Å². The van der Waals surface area contributed by atoms with E-state index in [1.54, 1.807) is 0 Å². The van der Waals surface area contributed by atoms with Gasteiger partial charge in [0, 0.05) is 0 Å². The summed E-state index contributed by atoms with van der Waals surface area (Å²) in [5.74, 6) is -2.94. The molecule has 6 heteroatoms. The molecule has 1 aliphatic carbocycles. The highest BCUT2D eigenvalue weighted by atomic mass is 16.4. The van der Waals surface area contributed by atoms with Crippen LogP contribution in [0.3, 0.4) is 0 Å². The molecule has 0 aromatic rings. The van der Waals surface area contributed by atoms with E-state index in [0.717, 1.165) is 18.2 Å². The van der Waals surface area contributed by atoms with Gasteiger partial charge in [0.25, 0.3) is 0 Å². The summed E-state index contributed by atoms with van der Waals surface area (Å²) in [6, 6.07) is 0. The number of carbonyl (C=O) groups is 2. The third-order valence-corrected chi connectivity index (χ3v) is 1.89. The summed E-state index contributed by atoms with van der Waals surface area (Å²) in [6.07, 6.45) is 0.680. The zero-order valence-corrected chi connectivity index (χ0v) is 6.91. The van der Waals surface area contributed by atoms with E-state index in [4.69, 9.17) is 10.2 Å². The summed E-state index contributed by atoms with van der Waals surface area (Å²) < 4.78 is 0. The molecule has 6 nitrogen and oxygen atoms in total. The first-order valence-electron chi connectivity index (χ1n) is 3.66. The normalized spacial score (nSPS) is 31.0. The summed E-state index contributed by atoms with van der Waals surface area (Å²) in [7, 11) is 0. The monoisotopic (exact) mass is 200 g/mol. The second-order valence-corrected chi connectivity index (χ2v) is 2.84. The van der Waals surface area contributed by atoms with Gasteiger partial charge in [0.2, 0.25) is 5.60 Å². The van der Waals surface area contributed by atoms with Gasteiger partial charge in [-0.3, -0.25) is 0 Å². The largest absolute Gasteiger partial charge is 0.479 e. The number of carboxylic acids is 2. The number of aliphatic hydroxyl groups excluding tert-OH is 1. The SMILES string of the molecule is O=C(O)C1=CC(O)C(O)(C(=O)O)C=C1. The molecule has 1 aliphatic rings. The highest BCUT2D eigenvalue weighted by molar-refractivity contribution is 5.92. The highest BCUT2D eigenvalue weighted by Gasteiger charge is 2.42. The van der Waals surface area contributed by atoms with Crippen molar-refractivity contribution in [1.82, 2.24) is 0 Å². The van der Waals surface area contributed by atoms with Crippen LogP contribution in [0.1, 0.15) is 0 Å². The Bertz CT molecular complexity index is 342. The number of aliphatic carboxylic acids is 2. The molecule has 0 aromatic heterocycles. The van der Waals surface area contributed by atoms with Crippen molar-refractivity contribution < 1.29 is 30.0 Å². The Kier molecular flexibility index (Phi) is 2.41. The molecule has 0 fully saturated rings. The summed E-state index contributed by atoms with van der Waals surface area (Å²) in [6.45, 7) is 0. The molecule has 0 bridgehead atoms. The van der Waals surface area contributed by atoms with Crippen LogP contribution in [-0.2, 0) is 9.59 Å². The van der Waals surface area contributed by atoms with Crippen molar-refractivity contribution in [3.63, 3.8) is 0 Å². The maximum Gasteiger partial charge on any atom is 0.342 e. The van der Waals surface area contributed by atoms with Gasteiger partial charge < -0.3 is 20.4 Å². The smallest absolute Gasteiger partial charge is 0.342 e. The Hall–Kier alpha value is -1.66. The summed E-state index contributed by atoms with van der Waals surface area (Å²) >= 11 is 0. The number of rotatable bonds is 2. The maximum atomic E-state index is 10.5. The van der Waals surface area contributed by atoms with Crippen LogP contribution in [0.15, 0.2) is 23.8 Å². The number of carboxylic acid groups (broad SMARTS) is 2. The Labute approximate surface area is 78.4 Å². The lowest BCUT2D eigenvalue weighted by Crippen LogP contribution is -2.48. The van der Waals surface area contributed by atoms with Gasteiger partial charge in [-0.05, 0) is 18.2 Å². The third kappa shape index (κ3) is 1.52. The van der Waals surface area contributed by atoms with Crippen LogP contribution in [0.4, 0.5) is 0 Å².